The first-order chi connectivity index (χ1) is 7.67. The summed E-state index contributed by atoms with van der Waals surface area (Å²) in [6.45, 7) is 5.11. The maximum atomic E-state index is 11.0. The Bertz CT molecular complexity index is 335. The predicted molar refractivity (Wildman–Crippen MR) is 64.6 cm³/mol. The molecule has 1 aromatic rings. The summed E-state index contributed by atoms with van der Waals surface area (Å²) in [6, 6.07) is 8.01. The van der Waals surface area contributed by atoms with E-state index in [9.17, 15) is 4.79 Å². The van der Waals surface area contributed by atoms with Gasteiger partial charge in [0.15, 0.2) is 0 Å². The first kappa shape index (κ1) is 12.5. The van der Waals surface area contributed by atoms with Gasteiger partial charge in [-0.2, -0.15) is 0 Å². The zero-order chi connectivity index (χ0) is 12.0. The average Bonchev–Trinajstić information content (AvgIpc) is 2.30. The van der Waals surface area contributed by atoms with Crippen molar-refractivity contribution < 1.29 is 9.53 Å². The van der Waals surface area contributed by atoms with Crippen molar-refractivity contribution in [3.8, 4) is 0 Å². The monoisotopic (exact) mass is 222 g/mol. The van der Waals surface area contributed by atoms with E-state index in [2.05, 4.69) is 29.2 Å². The summed E-state index contributed by atoms with van der Waals surface area (Å²) < 4.78 is 4.51. The molecule has 1 atom stereocenters. The normalized spacial score (nSPS) is 11.9. The summed E-state index contributed by atoms with van der Waals surface area (Å²) in [5, 5.41) is 5.93. The topological polar surface area (TPSA) is 50.4 Å². The molecule has 0 saturated carbocycles. The summed E-state index contributed by atoms with van der Waals surface area (Å²) in [7, 11) is 1.34. The zero-order valence-corrected chi connectivity index (χ0v) is 9.91. The molecule has 4 heteroatoms. The third kappa shape index (κ3) is 3.55. The number of carbonyl (C=O) groups excluding carboxylic acids is 1. The summed E-state index contributed by atoms with van der Waals surface area (Å²) in [4.78, 5) is 11.0. The molecule has 0 aromatic heterocycles. The minimum atomic E-state index is -0.451. The Balaban J connectivity index is 2.64. The van der Waals surface area contributed by atoms with Crippen LogP contribution >= 0.6 is 0 Å². The van der Waals surface area contributed by atoms with Crippen molar-refractivity contribution in [1.82, 2.24) is 5.32 Å². The minimum Gasteiger partial charge on any atom is -0.453 e. The smallest absolute Gasteiger partial charge is 0.411 e. The number of hydrogen-bond donors (Lipinski definition) is 2. The second kappa shape index (κ2) is 6.12. The molecule has 0 aliphatic carbocycles. The van der Waals surface area contributed by atoms with Crippen LogP contribution in [-0.2, 0) is 4.74 Å². The van der Waals surface area contributed by atoms with E-state index < -0.39 is 6.09 Å². The molecule has 1 amide bonds. The Morgan fingerprint density at radius 1 is 1.38 bits per heavy atom. The van der Waals surface area contributed by atoms with E-state index in [0.717, 1.165) is 12.2 Å². The van der Waals surface area contributed by atoms with Gasteiger partial charge in [0.1, 0.15) is 0 Å². The van der Waals surface area contributed by atoms with Crippen LogP contribution in [0.4, 0.5) is 10.5 Å². The van der Waals surface area contributed by atoms with Crippen LogP contribution < -0.4 is 10.6 Å². The Hall–Kier alpha value is -1.55. The second-order valence-electron chi connectivity index (χ2n) is 3.52. The van der Waals surface area contributed by atoms with Crippen molar-refractivity contribution in [3.63, 3.8) is 0 Å². The lowest BCUT2D eigenvalue weighted by molar-refractivity contribution is 0.187. The highest BCUT2D eigenvalue weighted by molar-refractivity contribution is 5.84. The first-order valence-corrected chi connectivity index (χ1v) is 5.35. The van der Waals surface area contributed by atoms with Gasteiger partial charge in [-0.25, -0.2) is 4.79 Å². The molecular weight excluding hydrogens is 204 g/mol. The molecule has 0 saturated heterocycles. The molecule has 0 heterocycles. The zero-order valence-electron chi connectivity index (χ0n) is 9.91. The number of ether oxygens (including phenoxy) is 1. The molecule has 88 valence electrons. The Labute approximate surface area is 96.0 Å². The molecule has 1 aromatic carbocycles. The third-order valence-electron chi connectivity index (χ3n) is 2.35. The molecule has 0 aliphatic heterocycles. The quantitative estimate of drug-likeness (QED) is 0.823. The van der Waals surface area contributed by atoms with Crippen LogP contribution in [0.2, 0.25) is 0 Å². The molecule has 0 spiro atoms. The van der Waals surface area contributed by atoms with Crippen molar-refractivity contribution >= 4 is 11.8 Å². The summed E-state index contributed by atoms with van der Waals surface area (Å²) in [5.41, 5.74) is 1.93. The Morgan fingerprint density at radius 3 is 2.50 bits per heavy atom. The van der Waals surface area contributed by atoms with Crippen molar-refractivity contribution in [1.29, 1.82) is 0 Å². The average molecular weight is 222 g/mol. The van der Waals surface area contributed by atoms with Crippen LogP contribution in [0.25, 0.3) is 0 Å². The fraction of sp³-hybridized carbons (Fsp3) is 0.417. The molecule has 0 aliphatic rings. The van der Waals surface area contributed by atoms with Crippen LogP contribution in [0.5, 0.6) is 0 Å². The van der Waals surface area contributed by atoms with Crippen LogP contribution in [0.1, 0.15) is 25.5 Å². The van der Waals surface area contributed by atoms with Gasteiger partial charge < -0.3 is 10.1 Å². The van der Waals surface area contributed by atoms with Gasteiger partial charge in [0.2, 0.25) is 0 Å². The molecule has 2 N–H and O–H groups in total. The van der Waals surface area contributed by atoms with Crippen molar-refractivity contribution in [2.75, 3.05) is 19.0 Å². The van der Waals surface area contributed by atoms with Crippen molar-refractivity contribution in [2.24, 2.45) is 0 Å². The molecule has 4 nitrogen and oxygen atoms in total. The molecule has 1 unspecified atom stereocenters. The number of nitrogens with one attached hydrogen (secondary N) is 2. The number of hydrogen-bond acceptors (Lipinski definition) is 3. The number of amides is 1. The van der Waals surface area contributed by atoms with Gasteiger partial charge in [0.25, 0.3) is 0 Å². The fourth-order valence-corrected chi connectivity index (χ4v) is 1.45. The summed E-state index contributed by atoms with van der Waals surface area (Å²) in [6.07, 6.45) is -0.451. The van der Waals surface area contributed by atoms with Crippen LogP contribution in [-0.4, -0.2) is 19.7 Å². The molecule has 16 heavy (non-hydrogen) atoms. The number of methoxy groups -OCH3 is 1. The Morgan fingerprint density at radius 2 is 2.00 bits per heavy atom. The molecular formula is C12H18N2O2. The molecule has 1 rings (SSSR count). The largest absolute Gasteiger partial charge is 0.453 e. The van der Waals surface area contributed by atoms with Crippen molar-refractivity contribution in [3.05, 3.63) is 29.8 Å². The van der Waals surface area contributed by atoms with E-state index in [1.54, 1.807) is 0 Å². The lowest BCUT2D eigenvalue weighted by atomic mass is 10.1. The molecule has 0 radical (unpaired) electrons. The molecule has 0 bridgehead atoms. The Kier molecular flexibility index (Phi) is 4.79. The number of carbonyl (C=O) groups is 1. The lowest BCUT2D eigenvalue weighted by Crippen LogP contribution is -2.17. The first-order valence-electron chi connectivity index (χ1n) is 5.35. The highest BCUT2D eigenvalue weighted by Gasteiger charge is 2.04. The molecule has 0 fully saturated rings. The standard InChI is InChI=1S/C12H18N2O2/c1-4-13-9(2)10-5-7-11(8-6-10)14-12(15)16-3/h5-9,13H,4H2,1-3H3,(H,14,15). The fourth-order valence-electron chi connectivity index (χ4n) is 1.45. The van der Waals surface area contributed by atoms with E-state index in [-0.39, 0.29) is 0 Å². The van der Waals surface area contributed by atoms with Crippen LogP contribution in [0.15, 0.2) is 24.3 Å². The highest BCUT2D eigenvalue weighted by atomic mass is 16.5. The van der Waals surface area contributed by atoms with Crippen LogP contribution in [0, 0.1) is 0 Å². The van der Waals surface area contributed by atoms with E-state index in [4.69, 9.17) is 0 Å². The highest BCUT2D eigenvalue weighted by Crippen LogP contribution is 2.15. The van der Waals surface area contributed by atoms with Gasteiger partial charge in [-0.15, -0.1) is 0 Å². The van der Waals surface area contributed by atoms with Gasteiger partial charge in [0, 0.05) is 11.7 Å². The third-order valence-corrected chi connectivity index (χ3v) is 2.35. The minimum absolute atomic E-state index is 0.317. The van der Waals surface area contributed by atoms with Crippen LogP contribution in [0.3, 0.4) is 0 Å². The van der Waals surface area contributed by atoms with E-state index in [0.29, 0.717) is 6.04 Å². The number of benzene rings is 1. The maximum Gasteiger partial charge on any atom is 0.411 e. The number of rotatable bonds is 4. The summed E-state index contributed by atoms with van der Waals surface area (Å²) in [5.74, 6) is 0. The van der Waals surface area contributed by atoms with Gasteiger partial charge in [0.05, 0.1) is 7.11 Å². The van der Waals surface area contributed by atoms with Gasteiger partial charge in [-0.3, -0.25) is 5.32 Å². The van der Waals surface area contributed by atoms with Gasteiger partial charge >= 0.3 is 6.09 Å². The van der Waals surface area contributed by atoms with E-state index in [1.165, 1.54) is 12.7 Å². The SMILES string of the molecule is CCNC(C)c1ccc(NC(=O)OC)cc1. The second-order valence-corrected chi connectivity index (χ2v) is 3.52. The van der Waals surface area contributed by atoms with E-state index in [1.807, 2.05) is 24.3 Å². The van der Waals surface area contributed by atoms with Crippen molar-refractivity contribution in [2.45, 2.75) is 19.9 Å². The maximum absolute atomic E-state index is 11.0. The lowest BCUT2D eigenvalue weighted by Gasteiger charge is -2.13. The van der Waals surface area contributed by atoms with Gasteiger partial charge in [-0.05, 0) is 31.2 Å². The predicted octanol–water partition coefficient (Wildman–Crippen LogP) is 2.54. The van der Waals surface area contributed by atoms with Gasteiger partial charge in [-0.1, -0.05) is 19.1 Å². The summed E-state index contributed by atoms with van der Waals surface area (Å²) >= 11 is 0. The number of anilines is 1. The van der Waals surface area contributed by atoms with E-state index >= 15 is 0 Å².